The van der Waals surface area contributed by atoms with Crippen molar-refractivity contribution in [1.29, 1.82) is 0 Å². The van der Waals surface area contributed by atoms with Gasteiger partial charge in [0.15, 0.2) is 0 Å². The zero-order chi connectivity index (χ0) is 12.9. The largest absolute Gasteiger partial charge is 0.389 e. The van der Waals surface area contributed by atoms with Crippen molar-refractivity contribution < 1.29 is 5.11 Å². The highest BCUT2D eigenvalue weighted by Gasteiger charge is 2.19. The van der Waals surface area contributed by atoms with Gasteiger partial charge in [0.05, 0.1) is 5.60 Å². The Bertz CT molecular complexity index is 335. The molecule has 0 aliphatic heterocycles. The molecule has 2 nitrogen and oxygen atoms in total. The van der Waals surface area contributed by atoms with Gasteiger partial charge in [-0.3, -0.25) is 0 Å². The van der Waals surface area contributed by atoms with Gasteiger partial charge in [0.25, 0.3) is 0 Å². The second kappa shape index (κ2) is 6.71. The fourth-order valence-corrected chi connectivity index (χ4v) is 2.23. The maximum Gasteiger partial charge on any atom is 0.0743 e. The molecule has 3 heteroatoms. The SMILES string of the molecule is CCCC(C)(O)CNC(C)c1ccc(I)cc1. The molecule has 0 aromatic heterocycles. The van der Waals surface area contributed by atoms with E-state index in [0.717, 1.165) is 12.8 Å². The van der Waals surface area contributed by atoms with E-state index >= 15 is 0 Å². The molecule has 0 aliphatic rings. The minimum atomic E-state index is -0.605. The number of nitrogens with one attached hydrogen (secondary N) is 1. The Kier molecular flexibility index (Phi) is 5.89. The molecule has 0 aliphatic carbocycles. The first kappa shape index (κ1) is 14.9. The molecule has 0 spiro atoms. The zero-order valence-corrected chi connectivity index (χ0v) is 13.0. The lowest BCUT2D eigenvalue weighted by Gasteiger charge is -2.25. The topological polar surface area (TPSA) is 32.3 Å². The summed E-state index contributed by atoms with van der Waals surface area (Å²) in [7, 11) is 0. The maximum absolute atomic E-state index is 10.1. The molecular formula is C14H22INO. The van der Waals surface area contributed by atoms with Gasteiger partial charge < -0.3 is 10.4 Å². The van der Waals surface area contributed by atoms with Crippen LogP contribution in [-0.4, -0.2) is 17.3 Å². The summed E-state index contributed by atoms with van der Waals surface area (Å²) in [6.45, 7) is 6.75. The van der Waals surface area contributed by atoms with Crippen molar-refractivity contribution in [1.82, 2.24) is 5.32 Å². The molecule has 1 aromatic rings. The van der Waals surface area contributed by atoms with Crippen LogP contribution >= 0.6 is 22.6 Å². The molecule has 0 amide bonds. The fourth-order valence-electron chi connectivity index (χ4n) is 1.87. The van der Waals surface area contributed by atoms with Crippen molar-refractivity contribution in [2.24, 2.45) is 0 Å². The molecule has 17 heavy (non-hydrogen) atoms. The van der Waals surface area contributed by atoms with Crippen molar-refractivity contribution in [3.8, 4) is 0 Å². The van der Waals surface area contributed by atoms with Crippen LogP contribution in [0, 0.1) is 3.57 Å². The fraction of sp³-hybridized carbons (Fsp3) is 0.571. The van der Waals surface area contributed by atoms with E-state index in [9.17, 15) is 5.11 Å². The molecule has 2 N–H and O–H groups in total. The summed E-state index contributed by atoms with van der Waals surface area (Å²) in [5.74, 6) is 0. The summed E-state index contributed by atoms with van der Waals surface area (Å²) < 4.78 is 1.25. The predicted octanol–water partition coefficient (Wildman–Crippen LogP) is 3.49. The first-order chi connectivity index (χ1) is 7.94. The third-order valence-corrected chi connectivity index (χ3v) is 3.67. The van der Waals surface area contributed by atoms with Gasteiger partial charge in [0, 0.05) is 16.2 Å². The summed E-state index contributed by atoms with van der Waals surface area (Å²) in [4.78, 5) is 0. The van der Waals surface area contributed by atoms with Gasteiger partial charge in [0.1, 0.15) is 0 Å². The van der Waals surface area contributed by atoms with Crippen LogP contribution < -0.4 is 5.32 Å². The number of benzene rings is 1. The van der Waals surface area contributed by atoms with Crippen LogP contribution in [0.25, 0.3) is 0 Å². The second-order valence-corrected chi connectivity index (χ2v) is 6.15. The molecule has 0 fully saturated rings. The van der Waals surface area contributed by atoms with E-state index in [-0.39, 0.29) is 6.04 Å². The average molecular weight is 347 g/mol. The Morgan fingerprint density at radius 1 is 1.35 bits per heavy atom. The Hall–Kier alpha value is -0.130. The van der Waals surface area contributed by atoms with E-state index < -0.39 is 5.60 Å². The van der Waals surface area contributed by atoms with E-state index in [2.05, 4.69) is 66.0 Å². The molecular weight excluding hydrogens is 325 g/mol. The summed E-state index contributed by atoms with van der Waals surface area (Å²) in [5, 5.41) is 13.5. The highest BCUT2D eigenvalue weighted by Crippen LogP contribution is 2.16. The van der Waals surface area contributed by atoms with Crippen LogP contribution in [0.3, 0.4) is 0 Å². The third kappa shape index (κ3) is 5.36. The van der Waals surface area contributed by atoms with E-state index in [4.69, 9.17) is 0 Å². The summed E-state index contributed by atoms with van der Waals surface area (Å²) in [6, 6.07) is 8.76. The van der Waals surface area contributed by atoms with E-state index in [1.54, 1.807) is 0 Å². The predicted molar refractivity (Wildman–Crippen MR) is 81.1 cm³/mol. The van der Waals surface area contributed by atoms with Crippen molar-refractivity contribution in [2.75, 3.05) is 6.54 Å². The molecule has 2 atom stereocenters. The van der Waals surface area contributed by atoms with Gasteiger partial charge in [-0.2, -0.15) is 0 Å². The Balaban J connectivity index is 2.49. The molecule has 96 valence electrons. The van der Waals surface area contributed by atoms with Crippen molar-refractivity contribution >= 4 is 22.6 Å². The molecule has 0 radical (unpaired) electrons. The van der Waals surface area contributed by atoms with E-state index in [1.807, 2.05) is 6.92 Å². The van der Waals surface area contributed by atoms with Gasteiger partial charge in [-0.05, 0) is 60.6 Å². The van der Waals surface area contributed by atoms with Crippen LogP contribution in [0.1, 0.15) is 45.2 Å². The van der Waals surface area contributed by atoms with Gasteiger partial charge >= 0.3 is 0 Å². The van der Waals surface area contributed by atoms with Gasteiger partial charge in [-0.15, -0.1) is 0 Å². The Morgan fingerprint density at radius 3 is 2.47 bits per heavy atom. The summed E-state index contributed by atoms with van der Waals surface area (Å²) in [5.41, 5.74) is 0.657. The standard InChI is InChI=1S/C14H22INO/c1-4-9-14(3,17)10-16-11(2)12-5-7-13(15)8-6-12/h5-8,11,16-17H,4,9-10H2,1-3H3. The summed E-state index contributed by atoms with van der Waals surface area (Å²) >= 11 is 2.30. The molecule has 0 bridgehead atoms. The van der Waals surface area contributed by atoms with Crippen molar-refractivity contribution in [3.05, 3.63) is 33.4 Å². The lowest BCUT2D eigenvalue weighted by molar-refractivity contribution is 0.0477. The lowest BCUT2D eigenvalue weighted by atomic mass is 9.99. The zero-order valence-electron chi connectivity index (χ0n) is 10.8. The first-order valence-corrected chi connectivity index (χ1v) is 7.24. The van der Waals surface area contributed by atoms with Crippen molar-refractivity contribution in [3.63, 3.8) is 0 Å². The van der Waals surface area contributed by atoms with Gasteiger partial charge in [0.2, 0.25) is 0 Å². The minimum absolute atomic E-state index is 0.273. The van der Waals surface area contributed by atoms with Crippen LogP contribution in [0.4, 0.5) is 0 Å². The first-order valence-electron chi connectivity index (χ1n) is 6.16. The minimum Gasteiger partial charge on any atom is -0.389 e. The number of hydrogen-bond acceptors (Lipinski definition) is 2. The monoisotopic (exact) mass is 347 g/mol. The molecule has 1 rings (SSSR count). The van der Waals surface area contributed by atoms with Crippen LogP contribution in [0.2, 0.25) is 0 Å². The maximum atomic E-state index is 10.1. The highest BCUT2D eigenvalue weighted by atomic mass is 127. The van der Waals surface area contributed by atoms with Crippen molar-refractivity contribution in [2.45, 2.75) is 45.3 Å². The number of aliphatic hydroxyl groups is 1. The molecule has 0 saturated heterocycles. The van der Waals surface area contributed by atoms with Crippen LogP contribution in [0.5, 0.6) is 0 Å². The number of hydrogen-bond donors (Lipinski definition) is 2. The molecule has 2 unspecified atom stereocenters. The smallest absolute Gasteiger partial charge is 0.0743 e. The van der Waals surface area contributed by atoms with Crippen LogP contribution in [-0.2, 0) is 0 Å². The molecule has 1 aromatic carbocycles. The lowest BCUT2D eigenvalue weighted by Crippen LogP contribution is -2.38. The number of halogens is 1. The quantitative estimate of drug-likeness (QED) is 0.772. The van der Waals surface area contributed by atoms with Crippen LogP contribution in [0.15, 0.2) is 24.3 Å². The summed E-state index contributed by atoms with van der Waals surface area (Å²) in [6.07, 6.45) is 1.84. The van der Waals surface area contributed by atoms with Gasteiger partial charge in [-0.1, -0.05) is 25.5 Å². The Morgan fingerprint density at radius 2 is 1.94 bits per heavy atom. The van der Waals surface area contributed by atoms with E-state index in [1.165, 1.54) is 9.13 Å². The second-order valence-electron chi connectivity index (χ2n) is 4.90. The van der Waals surface area contributed by atoms with E-state index in [0.29, 0.717) is 6.54 Å². The Labute approximate surface area is 118 Å². The number of rotatable bonds is 6. The highest BCUT2D eigenvalue weighted by molar-refractivity contribution is 14.1. The molecule has 0 heterocycles. The average Bonchev–Trinajstić information content (AvgIpc) is 2.27. The third-order valence-electron chi connectivity index (χ3n) is 2.95. The normalized spacial score (nSPS) is 16.5. The molecule has 0 saturated carbocycles. The van der Waals surface area contributed by atoms with Gasteiger partial charge in [-0.25, -0.2) is 0 Å².